The van der Waals surface area contributed by atoms with Gasteiger partial charge in [-0.3, -0.25) is 0 Å². The largest absolute Gasteiger partial charge is 0.486 e. The SMILES string of the molecule is C/C=C\CC(CC)c1ccc2c(c1)OCCO2. The summed E-state index contributed by atoms with van der Waals surface area (Å²) in [5.74, 6) is 2.34. The van der Waals surface area contributed by atoms with Crippen molar-refractivity contribution >= 4 is 0 Å². The molecule has 0 amide bonds. The zero-order valence-corrected chi connectivity index (χ0v) is 10.6. The van der Waals surface area contributed by atoms with E-state index < -0.39 is 0 Å². The number of benzene rings is 1. The lowest BCUT2D eigenvalue weighted by Gasteiger charge is -2.21. The van der Waals surface area contributed by atoms with Crippen molar-refractivity contribution in [3.05, 3.63) is 35.9 Å². The summed E-state index contributed by atoms with van der Waals surface area (Å²) >= 11 is 0. The third kappa shape index (κ3) is 2.82. The second-order valence-corrected chi connectivity index (χ2v) is 4.31. The van der Waals surface area contributed by atoms with Crippen molar-refractivity contribution in [3.63, 3.8) is 0 Å². The molecule has 2 nitrogen and oxygen atoms in total. The molecule has 0 aliphatic carbocycles. The van der Waals surface area contributed by atoms with E-state index in [1.54, 1.807) is 0 Å². The Balaban J connectivity index is 2.19. The van der Waals surface area contributed by atoms with Crippen LogP contribution in [-0.2, 0) is 0 Å². The molecule has 2 heteroatoms. The third-order valence-corrected chi connectivity index (χ3v) is 3.19. The van der Waals surface area contributed by atoms with Crippen LogP contribution < -0.4 is 9.47 Å². The molecule has 0 spiro atoms. The number of hydrogen-bond acceptors (Lipinski definition) is 2. The molecule has 1 aromatic carbocycles. The molecule has 17 heavy (non-hydrogen) atoms. The first-order chi connectivity index (χ1) is 8.35. The first kappa shape index (κ1) is 12.0. The maximum absolute atomic E-state index is 5.62. The molecule has 0 bridgehead atoms. The molecule has 1 unspecified atom stereocenters. The van der Waals surface area contributed by atoms with E-state index in [4.69, 9.17) is 9.47 Å². The van der Waals surface area contributed by atoms with E-state index in [0.29, 0.717) is 19.1 Å². The van der Waals surface area contributed by atoms with E-state index in [-0.39, 0.29) is 0 Å². The Morgan fingerprint density at radius 2 is 2.00 bits per heavy atom. The smallest absolute Gasteiger partial charge is 0.161 e. The summed E-state index contributed by atoms with van der Waals surface area (Å²) in [5, 5.41) is 0. The molecule has 0 radical (unpaired) electrons. The van der Waals surface area contributed by atoms with Gasteiger partial charge in [0.2, 0.25) is 0 Å². The Kier molecular flexibility index (Phi) is 4.08. The summed E-state index contributed by atoms with van der Waals surface area (Å²) in [4.78, 5) is 0. The maximum Gasteiger partial charge on any atom is 0.161 e. The van der Waals surface area contributed by atoms with Crippen LogP contribution in [0.1, 0.15) is 38.2 Å². The molecule has 0 fully saturated rings. The minimum Gasteiger partial charge on any atom is -0.486 e. The van der Waals surface area contributed by atoms with E-state index in [0.717, 1.165) is 24.3 Å². The molecule has 1 aromatic rings. The summed E-state index contributed by atoms with van der Waals surface area (Å²) in [6.07, 6.45) is 6.57. The number of hydrogen-bond donors (Lipinski definition) is 0. The molecule has 1 aliphatic heterocycles. The lowest BCUT2D eigenvalue weighted by Crippen LogP contribution is -2.15. The number of fused-ring (bicyclic) bond motifs is 1. The van der Waals surface area contributed by atoms with Gasteiger partial charge in [0.05, 0.1) is 0 Å². The van der Waals surface area contributed by atoms with Gasteiger partial charge in [0, 0.05) is 0 Å². The molecular weight excluding hydrogens is 212 g/mol. The zero-order valence-electron chi connectivity index (χ0n) is 10.6. The van der Waals surface area contributed by atoms with Crippen molar-refractivity contribution in [1.29, 1.82) is 0 Å². The fraction of sp³-hybridized carbons (Fsp3) is 0.467. The van der Waals surface area contributed by atoms with Crippen LogP contribution in [0.4, 0.5) is 0 Å². The standard InChI is InChI=1S/C15H20O2/c1-3-5-6-12(4-2)13-7-8-14-15(11-13)17-10-9-16-14/h3,5,7-8,11-12H,4,6,9-10H2,1-2H3/b5-3-. The van der Waals surface area contributed by atoms with Gasteiger partial charge in [-0.15, -0.1) is 0 Å². The van der Waals surface area contributed by atoms with Crippen LogP contribution in [0, 0.1) is 0 Å². The van der Waals surface area contributed by atoms with Crippen molar-refractivity contribution in [2.45, 2.75) is 32.6 Å². The number of ether oxygens (including phenoxy) is 2. The fourth-order valence-electron chi connectivity index (χ4n) is 2.15. The third-order valence-electron chi connectivity index (χ3n) is 3.19. The molecule has 0 N–H and O–H groups in total. The summed E-state index contributed by atoms with van der Waals surface area (Å²) in [6, 6.07) is 6.32. The van der Waals surface area contributed by atoms with Crippen molar-refractivity contribution in [2.75, 3.05) is 13.2 Å². The van der Waals surface area contributed by atoms with Gasteiger partial charge in [0.25, 0.3) is 0 Å². The van der Waals surface area contributed by atoms with Crippen LogP contribution in [0.15, 0.2) is 30.4 Å². The molecule has 0 saturated heterocycles. The summed E-state index contributed by atoms with van der Waals surface area (Å²) < 4.78 is 11.2. The summed E-state index contributed by atoms with van der Waals surface area (Å²) in [5.41, 5.74) is 1.34. The van der Waals surface area contributed by atoms with E-state index in [2.05, 4.69) is 38.1 Å². The topological polar surface area (TPSA) is 18.5 Å². The van der Waals surface area contributed by atoms with Crippen molar-refractivity contribution < 1.29 is 9.47 Å². The highest BCUT2D eigenvalue weighted by Gasteiger charge is 2.15. The Morgan fingerprint density at radius 1 is 1.24 bits per heavy atom. The lowest BCUT2D eigenvalue weighted by molar-refractivity contribution is 0.171. The monoisotopic (exact) mass is 232 g/mol. The van der Waals surface area contributed by atoms with Crippen LogP contribution in [0.3, 0.4) is 0 Å². The molecule has 2 rings (SSSR count). The number of rotatable bonds is 4. The van der Waals surface area contributed by atoms with E-state index in [1.165, 1.54) is 5.56 Å². The van der Waals surface area contributed by atoms with Crippen LogP contribution in [0.5, 0.6) is 11.5 Å². The number of allylic oxidation sites excluding steroid dienone is 2. The Labute approximate surface area is 103 Å². The van der Waals surface area contributed by atoms with Crippen molar-refractivity contribution in [3.8, 4) is 11.5 Å². The van der Waals surface area contributed by atoms with Gasteiger partial charge < -0.3 is 9.47 Å². The average Bonchev–Trinajstić information content (AvgIpc) is 2.39. The molecule has 0 aromatic heterocycles. The first-order valence-electron chi connectivity index (χ1n) is 6.35. The van der Waals surface area contributed by atoms with Crippen LogP contribution in [0.25, 0.3) is 0 Å². The highest BCUT2D eigenvalue weighted by atomic mass is 16.6. The van der Waals surface area contributed by atoms with Crippen LogP contribution in [0.2, 0.25) is 0 Å². The van der Waals surface area contributed by atoms with Gasteiger partial charge in [0.15, 0.2) is 11.5 Å². The first-order valence-corrected chi connectivity index (χ1v) is 6.35. The van der Waals surface area contributed by atoms with Gasteiger partial charge in [-0.05, 0) is 43.4 Å². The highest BCUT2D eigenvalue weighted by Crippen LogP contribution is 2.35. The second-order valence-electron chi connectivity index (χ2n) is 4.31. The minimum absolute atomic E-state index is 0.571. The van der Waals surface area contributed by atoms with E-state index in [1.807, 2.05) is 6.07 Å². The van der Waals surface area contributed by atoms with E-state index in [9.17, 15) is 0 Å². The summed E-state index contributed by atoms with van der Waals surface area (Å²) in [6.45, 7) is 5.60. The lowest BCUT2D eigenvalue weighted by atomic mass is 9.93. The van der Waals surface area contributed by atoms with E-state index >= 15 is 0 Å². The molecule has 0 saturated carbocycles. The quantitative estimate of drug-likeness (QED) is 0.732. The fourth-order valence-corrected chi connectivity index (χ4v) is 2.15. The molecular formula is C15H20O2. The predicted octanol–water partition coefficient (Wildman–Crippen LogP) is 3.92. The van der Waals surface area contributed by atoms with Gasteiger partial charge in [-0.1, -0.05) is 25.1 Å². The van der Waals surface area contributed by atoms with Crippen LogP contribution >= 0.6 is 0 Å². The molecule has 1 aliphatic rings. The van der Waals surface area contributed by atoms with Crippen LogP contribution in [-0.4, -0.2) is 13.2 Å². The van der Waals surface area contributed by atoms with Gasteiger partial charge in [-0.2, -0.15) is 0 Å². The maximum atomic E-state index is 5.62. The highest BCUT2D eigenvalue weighted by molar-refractivity contribution is 5.44. The minimum atomic E-state index is 0.571. The zero-order chi connectivity index (χ0) is 12.1. The summed E-state index contributed by atoms with van der Waals surface area (Å²) in [7, 11) is 0. The Morgan fingerprint density at radius 3 is 2.71 bits per heavy atom. The normalized spacial score (nSPS) is 16.1. The average molecular weight is 232 g/mol. The van der Waals surface area contributed by atoms with Crippen molar-refractivity contribution in [1.82, 2.24) is 0 Å². The molecule has 92 valence electrons. The Hall–Kier alpha value is -1.44. The van der Waals surface area contributed by atoms with Gasteiger partial charge in [0.1, 0.15) is 13.2 Å². The Bertz CT molecular complexity index is 396. The van der Waals surface area contributed by atoms with Gasteiger partial charge >= 0.3 is 0 Å². The van der Waals surface area contributed by atoms with Crippen molar-refractivity contribution in [2.24, 2.45) is 0 Å². The second kappa shape index (κ2) is 5.76. The van der Waals surface area contributed by atoms with Gasteiger partial charge in [-0.25, -0.2) is 0 Å². The predicted molar refractivity (Wildman–Crippen MR) is 69.9 cm³/mol. The molecule has 1 atom stereocenters. The molecule has 1 heterocycles.